The molecule has 0 heterocycles. The van der Waals surface area contributed by atoms with E-state index in [-0.39, 0.29) is 5.91 Å². The van der Waals surface area contributed by atoms with Crippen LogP contribution >= 0.6 is 11.8 Å². The number of methoxy groups -OCH3 is 2. The summed E-state index contributed by atoms with van der Waals surface area (Å²) < 4.78 is 15.9. The van der Waals surface area contributed by atoms with Gasteiger partial charge in [-0.15, -0.1) is 11.8 Å². The minimum Gasteiger partial charge on any atom is -0.494 e. The molecule has 0 radical (unpaired) electrons. The van der Waals surface area contributed by atoms with Gasteiger partial charge in [-0.1, -0.05) is 12.1 Å². The SMILES string of the molecule is CCOc1ccc(CNC(=O)CSc2ccc(OC)c(OC)c2)cc1. The Balaban J connectivity index is 1.80. The molecule has 0 aliphatic heterocycles. The highest BCUT2D eigenvalue weighted by atomic mass is 32.2. The molecule has 0 atom stereocenters. The first kappa shape index (κ1) is 19.0. The second-order valence-electron chi connectivity index (χ2n) is 5.16. The summed E-state index contributed by atoms with van der Waals surface area (Å²) in [6.45, 7) is 3.09. The number of carbonyl (C=O) groups excluding carboxylic acids is 1. The lowest BCUT2D eigenvalue weighted by Gasteiger charge is -2.10. The Morgan fingerprint density at radius 1 is 1.04 bits per heavy atom. The largest absolute Gasteiger partial charge is 0.494 e. The molecule has 0 fully saturated rings. The van der Waals surface area contributed by atoms with Gasteiger partial charge in [0, 0.05) is 11.4 Å². The van der Waals surface area contributed by atoms with E-state index in [0.29, 0.717) is 30.4 Å². The van der Waals surface area contributed by atoms with Crippen LogP contribution in [-0.4, -0.2) is 32.5 Å². The number of benzene rings is 2. The van der Waals surface area contributed by atoms with Gasteiger partial charge in [-0.05, 0) is 42.8 Å². The predicted molar refractivity (Wildman–Crippen MR) is 99.7 cm³/mol. The first-order valence-corrected chi connectivity index (χ1v) is 8.98. The third kappa shape index (κ3) is 5.90. The van der Waals surface area contributed by atoms with Crippen molar-refractivity contribution in [2.45, 2.75) is 18.4 Å². The minimum atomic E-state index is -0.0198. The van der Waals surface area contributed by atoms with E-state index in [0.717, 1.165) is 16.2 Å². The quantitative estimate of drug-likeness (QED) is 0.693. The van der Waals surface area contributed by atoms with Gasteiger partial charge in [0.2, 0.25) is 5.91 Å². The fraction of sp³-hybridized carbons (Fsp3) is 0.316. The van der Waals surface area contributed by atoms with Crippen molar-refractivity contribution in [3.05, 3.63) is 48.0 Å². The third-order valence-electron chi connectivity index (χ3n) is 3.45. The summed E-state index contributed by atoms with van der Waals surface area (Å²) in [5, 5.41) is 2.92. The molecule has 2 aromatic rings. The topological polar surface area (TPSA) is 56.8 Å². The maximum atomic E-state index is 12.0. The summed E-state index contributed by atoms with van der Waals surface area (Å²) in [5.74, 6) is 2.48. The molecule has 0 aromatic heterocycles. The van der Waals surface area contributed by atoms with Gasteiger partial charge in [-0.25, -0.2) is 0 Å². The highest BCUT2D eigenvalue weighted by molar-refractivity contribution is 8.00. The molecule has 25 heavy (non-hydrogen) atoms. The monoisotopic (exact) mass is 361 g/mol. The summed E-state index contributed by atoms with van der Waals surface area (Å²) in [7, 11) is 3.19. The lowest BCUT2D eigenvalue weighted by Crippen LogP contribution is -2.24. The van der Waals surface area contributed by atoms with E-state index in [9.17, 15) is 4.79 Å². The van der Waals surface area contributed by atoms with Crippen molar-refractivity contribution in [3.8, 4) is 17.2 Å². The van der Waals surface area contributed by atoms with Crippen molar-refractivity contribution < 1.29 is 19.0 Å². The van der Waals surface area contributed by atoms with E-state index in [1.807, 2.05) is 49.4 Å². The average molecular weight is 361 g/mol. The normalized spacial score (nSPS) is 10.2. The van der Waals surface area contributed by atoms with Crippen molar-refractivity contribution in [1.82, 2.24) is 5.32 Å². The molecule has 1 N–H and O–H groups in total. The first-order chi connectivity index (χ1) is 12.2. The molecule has 0 saturated carbocycles. The standard InChI is InChI=1S/C19H23NO4S/c1-4-24-15-7-5-14(6-8-15)12-20-19(21)13-25-16-9-10-17(22-2)18(11-16)23-3/h5-11H,4,12-13H2,1-3H3,(H,20,21). The molecule has 0 aliphatic carbocycles. The van der Waals surface area contributed by atoms with Crippen molar-refractivity contribution >= 4 is 17.7 Å². The van der Waals surface area contributed by atoms with E-state index in [1.54, 1.807) is 14.2 Å². The number of thioether (sulfide) groups is 1. The number of nitrogens with one attached hydrogen (secondary N) is 1. The molecule has 1 amide bonds. The van der Waals surface area contributed by atoms with E-state index >= 15 is 0 Å². The second kappa shape index (κ2) is 9.84. The number of hydrogen-bond donors (Lipinski definition) is 1. The molecule has 0 unspecified atom stereocenters. The highest BCUT2D eigenvalue weighted by Crippen LogP contribution is 2.31. The Kier molecular flexibility index (Phi) is 7.47. The molecule has 134 valence electrons. The number of amides is 1. The summed E-state index contributed by atoms with van der Waals surface area (Å²) >= 11 is 1.45. The van der Waals surface area contributed by atoms with Crippen LogP contribution in [0.3, 0.4) is 0 Å². The first-order valence-electron chi connectivity index (χ1n) is 7.99. The van der Waals surface area contributed by atoms with Crippen LogP contribution in [0.2, 0.25) is 0 Å². The Morgan fingerprint density at radius 2 is 1.76 bits per heavy atom. The van der Waals surface area contributed by atoms with Crippen LogP contribution in [0.4, 0.5) is 0 Å². The van der Waals surface area contributed by atoms with E-state index in [2.05, 4.69) is 5.32 Å². The Hall–Kier alpha value is -2.34. The van der Waals surface area contributed by atoms with Gasteiger partial charge in [-0.3, -0.25) is 4.79 Å². The van der Waals surface area contributed by atoms with Crippen molar-refractivity contribution in [3.63, 3.8) is 0 Å². The smallest absolute Gasteiger partial charge is 0.230 e. The molecule has 5 nitrogen and oxygen atoms in total. The molecular formula is C19H23NO4S. The number of ether oxygens (including phenoxy) is 3. The Bertz CT molecular complexity index is 688. The lowest BCUT2D eigenvalue weighted by molar-refractivity contribution is -0.118. The summed E-state index contributed by atoms with van der Waals surface area (Å²) in [6, 6.07) is 13.3. The zero-order valence-corrected chi connectivity index (χ0v) is 15.5. The fourth-order valence-electron chi connectivity index (χ4n) is 2.18. The molecule has 0 saturated heterocycles. The van der Waals surface area contributed by atoms with Crippen LogP contribution in [0, 0.1) is 0 Å². The summed E-state index contributed by atoms with van der Waals surface area (Å²) in [6.07, 6.45) is 0. The van der Waals surface area contributed by atoms with Crippen LogP contribution in [-0.2, 0) is 11.3 Å². The second-order valence-corrected chi connectivity index (χ2v) is 6.21. The summed E-state index contributed by atoms with van der Waals surface area (Å²) in [4.78, 5) is 13.0. The van der Waals surface area contributed by atoms with E-state index in [1.165, 1.54) is 11.8 Å². The van der Waals surface area contributed by atoms with Crippen molar-refractivity contribution in [2.24, 2.45) is 0 Å². The van der Waals surface area contributed by atoms with Gasteiger partial charge in [0.1, 0.15) is 5.75 Å². The zero-order valence-electron chi connectivity index (χ0n) is 14.7. The number of hydrogen-bond acceptors (Lipinski definition) is 5. The molecule has 0 bridgehead atoms. The maximum absolute atomic E-state index is 12.0. The highest BCUT2D eigenvalue weighted by Gasteiger charge is 2.07. The van der Waals surface area contributed by atoms with Crippen LogP contribution in [0.15, 0.2) is 47.4 Å². The summed E-state index contributed by atoms with van der Waals surface area (Å²) in [5.41, 5.74) is 1.04. The predicted octanol–water partition coefficient (Wildman–Crippen LogP) is 3.51. The van der Waals surface area contributed by atoms with Crippen LogP contribution < -0.4 is 19.5 Å². The van der Waals surface area contributed by atoms with Gasteiger partial charge in [0.15, 0.2) is 11.5 Å². The third-order valence-corrected chi connectivity index (χ3v) is 4.44. The van der Waals surface area contributed by atoms with Crippen LogP contribution in [0.1, 0.15) is 12.5 Å². The van der Waals surface area contributed by atoms with Gasteiger partial charge in [0.25, 0.3) is 0 Å². The molecular weight excluding hydrogens is 338 g/mol. The molecule has 2 aromatic carbocycles. The number of rotatable bonds is 9. The van der Waals surface area contributed by atoms with Crippen LogP contribution in [0.5, 0.6) is 17.2 Å². The van der Waals surface area contributed by atoms with Gasteiger partial charge in [-0.2, -0.15) is 0 Å². The van der Waals surface area contributed by atoms with E-state index in [4.69, 9.17) is 14.2 Å². The number of carbonyl (C=O) groups is 1. The Morgan fingerprint density at radius 3 is 2.40 bits per heavy atom. The minimum absolute atomic E-state index is 0.0198. The zero-order chi connectivity index (χ0) is 18.1. The lowest BCUT2D eigenvalue weighted by atomic mass is 10.2. The van der Waals surface area contributed by atoms with Gasteiger partial charge in [0.05, 0.1) is 26.6 Å². The maximum Gasteiger partial charge on any atom is 0.230 e. The molecule has 0 aliphatic rings. The molecule has 6 heteroatoms. The van der Waals surface area contributed by atoms with Crippen molar-refractivity contribution in [2.75, 3.05) is 26.6 Å². The van der Waals surface area contributed by atoms with Crippen molar-refractivity contribution in [1.29, 1.82) is 0 Å². The van der Waals surface area contributed by atoms with E-state index < -0.39 is 0 Å². The average Bonchev–Trinajstić information content (AvgIpc) is 2.65. The van der Waals surface area contributed by atoms with Gasteiger partial charge < -0.3 is 19.5 Å². The Labute approximate surface area is 152 Å². The molecule has 0 spiro atoms. The molecule has 2 rings (SSSR count). The fourth-order valence-corrected chi connectivity index (χ4v) is 2.93. The van der Waals surface area contributed by atoms with Crippen LogP contribution in [0.25, 0.3) is 0 Å². The van der Waals surface area contributed by atoms with Gasteiger partial charge >= 0.3 is 0 Å².